The highest BCUT2D eigenvalue weighted by Gasteiger charge is 2.14. The Balaban J connectivity index is 2.21. The summed E-state index contributed by atoms with van der Waals surface area (Å²) in [6.45, 7) is 0. The second kappa shape index (κ2) is 4.45. The molecule has 8 nitrogen and oxygen atoms in total. The molecule has 0 radical (unpaired) electrons. The maximum atomic E-state index is 10.4. The molecule has 0 saturated heterocycles. The summed E-state index contributed by atoms with van der Waals surface area (Å²) in [5.74, 6) is 5.08. The van der Waals surface area contributed by atoms with Crippen molar-refractivity contribution in [3.8, 4) is 10.7 Å². The van der Waals surface area contributed by atoms with Crippen molar-refractivity contribution >= 4 is 29.3 Å². The number of aliphatic carboxylic acids is 1. The summed E-state index contributed by atoms with van der Waals surface area (Å²) in [7, 11) is 0. The van der Waals surface area contributed by atoms with Gasteiger partial charge in [0.15, 0.2) is 5.82 Å². The molecule has 3 N–H and O–H groups in total. The number of thioether (sulfide) groups is 1. The number of hydrogen-bond acceptors (Lipinski definition) is 8. The van der Waals surface area contributed by atoms with Gasteiger partial charge in [-0.25, -0.2) is 4.68 Å². The fourth-order valence-corrected chi connectivity index (χ4v) is 2.01. The van der Waals surface area contributed by atoms with Crippen molar-refractivity contribution in [1.82, 2.24) is 24.5 Å². The summed E-state index contributed by atoms with van der Waals surface area (Å²) < 4.78 is 4.90. The quantitative estimate of drug-likeness (QED) is 0.566. The van der Waals surface area contributed by atoms with Crippen LogP contribution in [0, 0.1) is 0 Å². The molecule has 0 aromatic carbocycles. The average Bonchev–Trinajstić information content (AvgIpc) is 2.84. The predicted octanol–water partition coefficient (Wildman–Crippen LogP) is -0.313. The molecule has 0 aliphatic rings. The Morgan fingerprint density at radius 1 is 1.62 bits per heavy atom. The minimum absolute atomic E-state index is 0.115. The number of carboxylic acid groups (broad SMARTS) is 1. The number of rotatable bonds is 4. The third-order valence-corrected chi connectivity index (χ3v) is 3.16. The van der Waals surface area contributed by atoms with Crippen LogP contribution in [0.3, 0.4) is 0 Å². The van der Waals surface area contributed by atoms with Crippen LogP contribution in [-0.2, 0) is 4.79 Å². The van der Waals surface area contributed by atoms with E-state index in [4.69, 9.17) is 10.9 Å². The van der Waals surface area contributed by atoms with Crippen LogP contribution >= 0.6 is 23.3 Å². The van der Waals surface area contributed by atoms with E-state index in [-0.39, 0.29) is 5.75 Å². The van der Waals surface area contributed by atoms with Crippen LogP contribution in [0.25, 0.3) is 10.7 Å². The van der Waals surface area contributed by atoms with Gasteiger partial charge in [-0.3, -0.25) is 4.79 Å². The average molecular weight is 258 g/mol. The molecule has 84 valence electrons. The van der Waals surface area contributed by atoms with Crippen LogP contribution in [0.15, 0.2) is 11.4 Å². The van der Waals surface area contributed by atoms with Gasteiger partial charge >= 0.3 is 5.97 Å². The van der Waals surface area contributed by atoms with Crippen molar-refractivity contribution in [2.24, 2.45) is 0 Å². The van der Waals surface area contributed by atoms with E-state index in [1.54, 1.807) is 0 Å². The van der Waals surface area contributed by atoms with Crippen molar-refractivity contribution in [2.45, 2.75) is 5.16 Å². The second-order valence-corrected chi connectivity index (χ2v) is 4.37. The van der Waals surface area contributed by atoms with E-state index in [0.717, 1.165) is 23.3 Å². The molecular formula is C6H6N6O2S2. The van der Waals surface area contributed by atoms with Crippen molar-refractivity contribution in [2.75, 3.05) is 11.6 Å². The molecule has 2 heterocycles. The summed E-state index contributed by atoms with van der Waals surface area (Å²) >= 11 is 2.14. The monoisotopic (exact) mass is 258 g/mol. The van der Waals surface area contributed by atoms with Gasteiger partial charge in [-0.15, -0.1) is 15.3 Å². The lowest BCUT2D eigenvalue weighted by atomic mass is 10.5. The minimum atomic E-state index is -0.936. The molecule has 0 aliphatic carbocycles. The van der Waals surface area contributed by atoms with Gasteiger partial charge in [0.1, 0.15) is 4.88 Å². The van der Waals surface area contributed by atoms with E-state index < -0.39 is 5.97 Å². The van der Waals surface area contributed by atoms with E-state index in [1.165, 1.54) is 10.9 Å². The zero-order valence-electron chi connectivity index (χ0n) is 7.77. The minimum Gasteiger partial charge on any atom is -0.481 e. The van der Waals surface area contributed by atoms with Gasteiger partial charge in [0, 0.05) is 0 Å². The lowest BCUT2D eigenvalue weighted by Crippen LogP contribution is -2.12. The number of nitrogens with zero attached hydrogens (tertiary/aromatic N) is 5. The smallest absolute Gasteiger partial charge is 0.313 e. The highest BCUT2D eigenvalue weighted by atomic mass is 32.2. The second-order valence-electron chi connectivity index (χ2n) is 2.64. The Kier molecular flexibility index (Phi) is 3.01. The number of aromatic nitrogens is 5. The number of hydrogen-bond donors (Lipinski definition) is 2. The van der Waals surface area contributed by atoms with E-state index in [2.05, 4.69) is 19.8 Å². The van der Waals surface area contributed by atoms with Gasteiger partial charge < -0.3 is 10.9 Å². The first-order valence-corrected chi connectivity index (χ1v) is 5.77. The molecule has 0 aliphatic heterocycles. The van der Waals surface area contributed by atoms with Gasteiger partial charge in [0.05, 0.1) is 11.9 Å². The zero-order chi connectivity index (χ0) is 11.5. The van der Waals surface area contributed by atoms with E-state index in [0.29, 0.717) is 15.9 Å². The normalized spacial score (nSPS) is 10.5. The summed E-state index contributed by atoms with van der Waals surface area (Å²) in [5.41, 5.74) is 0. The Bertz CT molecular complexity index is 495. The number of carboxylic acids is 1. The van der Waals surface area contributed by atoms with Crippen molar-refractivity contribution < 1.29 is 9.90 Å². The molecule has 16 heavy (non-hydrogen) atoms. The van der Waals surface area contributed by atoms with Gasteiger partial charge in [-0.05, 0) is 11.5 Å². The van der Waals surface area contributed by atoms with E-state index in [9.17, 15) is 4.79 Å². The molecular weight excluding hydrogens is 252 g/mol. The topological polar surface area (TPSA) is 120 Å². The molecule has 0 fully saturated rings. The third kappa shape index (κ3) is 2.12. The fourth-order valence-electron chi connectivity index (χ4n) is 0.935. The highest BCUT2D eigenvalue weighted by Crippen LogP contribution is 2.22. The molecule has 0 bridgehead atoms. The van der Waals surface area contributed by atoms with Crippen LogP contribution in [0.2, 0.25) is 0 Å². The first kappa shape index (κ1) is 10.8. The molecule has 10 heteroatoms. The first-order valence-electron chi connectivity index (χ1n) is 4.01. The predicted molar refractivity (Wildman–Crippen MR) is 57.4 cm³/mol. The Morgan fingerprint density at radius 2 is 2.44 bits per heavy atom. The van der Waals surface area contributed by atoms with Crippen LogP contribution < -0.4 is 5.84 Å². The van der Waals surface area contributed by atoms with E-state index >= 15 is 0 Å². The lowest BCUT2D eigenvalue weighted by Gasteiger charge is -1.99. The van der Waals surface area contributed by atoms with Crippen molar-refractivity contribution in [3.05, 3.63) is 6.20 Å². The molecule has 2 aromatic heterocycles. The third-order valence-electron chi connectivity index (χ3n) is 1.57. The molecule has 2 rings (SSSR count). The Labute approximate surface area is 97.6 Å². The maximum Gasteiger partial charge on any atom is 0.313 e. The Morgan fingerprint density at radius 3 is 3.06 bits per heavy atom. The summed E-state index contributed by atoms with van der Waals surface area (Å²) in [6.07, 6.45) is 1.52. The van der Waals surface area contributed by atoms with Gasteiger partial charge in [0.25, 0.3) is 0 Å². The van der Waals surface area contributed by atoms with Crippen LogP contribution in [-0.4, -0.2) is 41.3 Å². The largest absolute Gasteiger partial charge is 0.481 e. The number of nitrogen functional groups attached to an aromatic ring is 1. The zero-order valence-corrected chi connectivity index (χ0v) is 9.40. The summed E-state index contributed by atoms with van der Waals surface area (Å²) in [4.78, 5) is 11.1. The molecule has 0 amide bonds. The van der Waals surface area contributed by atoms with Crippen molar-refractivity contribution in [3.63, 3.8) is 0 Å². The molecule has 0 spiro atoms. The molecule has 2 aromatic rings. The lowest BCUT2D eigenvalue weighted by molar-refractivity contribution is -0.133. The van der Waals surface area contributed by atoms with Crippen molar-refractivity contribution in [1.29, 1.82) is 0 Å². The number of carbonyl (C=O) groups is 1. The summed E-state index contributed by atoms with van der Waals surface area (Å²) in [5, 5.41) is 20.1. The van der Waals surface area contributed by atoms with Gasteiger partial charge in [-0.2, -0.15) is 0 Å². The summed E-state index contributed by atoms with van der Waals surface area (Å²) in [6, 6.07) is 0. The SMILES string of the molecule is Nn1c(SCC(=O)O)nnc1-c1cnns1. The Hall–Kier alpha value is -1.68. The number of nitrogens with two attached hydrogens (primary N) is 1. The molecule has 0 saturated carbocycles. The standard InChI is InChI=1S/C6H6N6O2S2/c7-12-5(3-1-8-11-16-3)9-10-6(12)15-2-4(13)14/h1H,2,7H2,(H,13,14). The van der Waals surface area contributed by atoms with Gasteiger partial charge in [-0.1, -0.05) is 16.3 Å². The van der Waals surface area contributed by atoms with E-state index in [1.807, 2.05) is 0 Å². The molecule has 0 unspecified atom stereocenters. The van der Waals surface area contributed by atoms with Crippen LogP contribution in [0.4, 0.5) is 0 Å². The van der Waals surface area contributed by atoms with Gasteiger partial charge in [0.2, 0.25) is 5.16 Å². The first-order chi connectivity index (χ1) is 7.68. The van der Waals surface area contributed by atoms with Crippen LogP contribution in [0.5, 0.6) is 0 Å². The van der Waals surface area contributed by atoms with Crippen LogP contribution in [0.1, 0.15) is 0 Å². The maximum absolute atomic E-state index is 10.4. The fraction of sp³-hybridized carbons (Fsp3) is 0.167. The highest BCUT2D eigenvalue weighted by molar-refractivity contribution is 7.99. The molecule has 0 atom stereocenters.